The van der Waals surface area contributed by atoms with E-state index in [-0.39, 0.29) is 12.2 Å². The number of halogens is 1. The summed E-state index contributed by atoms with van der Waals surface area (Å²) in [5.74, 6) is -1.10. The van der Waals surface area contributed by atoms with Crippen molar-refractivity contribution in [1.82, 2.24) is 4.57 Å². The SMILES string of the molecule is CCOC(=O)C1=C(C)N=c2s/c(=C/c3ccc(OCC(=O)O)c(I)c3)c(=O)n2[C@H]1c1ccc(C)cc1. The Morgan fingerprint density at radius 1 is 1.19 bits per heavy atom. The number of hydrogen-bond donors (Lipinski definition) is 1. The van der Waals surface area contributed by atoms with Crippen LogP contribution in [0.5, 0.6) is 5.75 Å². The van der Waals surface area contributed by atoms with Crippen molar-refractivity contribution in [3.8, 4) is 5.75 Å². The van der Waals surface area contributed by atoms with E-state index in [4.69, 9.17) is 14.6 Å². The summed E-state index contributed by atoms with van der Waals surface area (Å²) < 4.78 is 13.3. The zero-order chi connectivity index (χ0) is 26.0. The molecule has 8 nitrogen and oxygen atoms in total. The summed E-state index contributed by atoms with van der Waals surface area (Å²) in [6.07, 6.45) is 1.75. The van der Waals surface area contributed by atoms with E-state index >= 15 is 0 Å². The van der Waals surface area contributed by atoms with Crippen LogP contribution in [-0.4, -0.2) is 34.8 Å². The molecule has 1 atom stereocenters. The second kappa shape index (κ2) is 10.8. The molecule has 0 amide bonds. The van der Waals surface area contributed by atoms with E-state index in [0.29, 0.717) is 29.9 Å². The third-order valence-electron chi connectivity index (χ3n) is 5.51. The van der Waals surface area contributed by atoms with Crippen LogP contribution in [0.1, 0.15) is 36.6 Å². The standard InChI is InChI=1S/C26H23IN2O6S/c1-4-34-25(33)22-15(3)28-26-29(23(22)17-8-5-14(2)6-9-17)24(32)20(36-26)12-16-7-10-19(18(27)11-16)35-13-21(30)31/h5-12,23H,4,13H2,1-3H3,(H,30,31)/b20-12+/t23-/m0/s1. The molecule has 1 N–H and O–H groups in total. The molecule has 2 aromatic carbocycles. The number of nitrogens with zero attached hydrogens (tertiary/aromatic N) is 2. The lowest BCUT2D eigenvalue weighted by molar-refractivity contribution is -0.140. The van der Waals surface area contributed by atoms with Crippen molar-refractivity contribution < 1.29 is 24.2 Å². The van der Waals surface area contributed by atoms with Crippen molar-refractivity contribution >= 4 is 51.9 Å². The van der Waals surface area contributed by atoms with Crippen LogP contribution in [0.4, 0.5) is 0 Å². The van der Waals surface area contributed by atoms with Crippen molar-refractivity contribution in [2.45, 2.75) is 26.8 Å². The predicted octanol–water partition coefficient (Wildman–Crippen LogP) is 3.17. The molecular formula is C26H23IN2O6S. The Hall–Kier alpha value is -3.25. The molecule has 0 unspecified atom stereocenters. The Kier molecular flexibility index (Phi) is 7.74. The van der Waals surface area contributed by atoms with Crippen molar-refractivity contribution in [3.63, 3.8) is 0 Å². The van der Waals surface area contributed by atoms with Gasteiger partial charge in [-0.05, 0) is 72.7 Å². The Morgan fingerprint density at radius 3 is 2.56 bits per heavy atom. The van der Waals surface area contributed by atoms with Gasteiger partial charge in [0, 0.05) is 0 Å². The van der Waals surface area contributed by atoms with Gasteiger partial charge >= 0.3 is 11.9 Å². The van der Waals surface area contributed by atoms with Crippen molar-refractivity contribution in [2.24, 2.45) is 4.99 Å². The maximum atomic E-state index is 13.6. The Labute approximate surface area is 224 Å². The van der Waals surface area contributed by atoms with E-state index in [1.54, 1.807) is 36.6 Å². The molecule has 36 heavy (non-hydrogen) atoms. The fourth-order valence-electron chi connectivity index (χ4n) is 3.87. The Balaban J connectivity index is 1.83. The highest BCUT2D eigenvalue weighted by atomic mass is 127. The monoisotopic (exact) mass is 618 g/mol. The van der Waals surface area contributed by atoms with Gasteiger partial charge in [0.25, 0.3) is 5.56 Å². The third-order valence-corrected chi connectivity index (χ3v) is 7.34. The van der Waals surface area contributed by atoms with Gasteiger partial charge in [0.2, 0.25) is 0 Å². The van der Waals surface area contributed by atoms with Gasteiger partial charge in [-0.25, -0.2) is 14.6 Å². The summed E-state index contributed by atoms with van der Waals surface area (Å²) in [6.45, 7) is 5.24. The molecule has 186 valence electrons. The molecule has 1 aliphatic heterocycles. The fourth-order valence-corrected chi connectivity index (χ4v) is 5.61. The first-order chi connectivity index (χ1) is 17.2. The summed E-state index contributed by atoms with van der Waals surface area (Å²) in [4.78, 5) is 42.4. The van der Waals surface area contributed by atoms with Crippen LogP contribution in [0.25, 0.3) is 6.08 Å². The summed E-state index contributed by atoms with van der Waals surface area (Å²) >= 11 is 3.30. The molecule has 0 aliphatic carbocycles. The number of carboxylic acid groups (broad SMARTS) is 1. The van der Waals surface area contributed by atoms with Crippen LogP contribution in [-0.2, 0) is 14.3 Å². The molecule has 2 heterocycles. The quantitative estimate of drug-likeness (QED) is 0.322. The minimum Gasteiger partial charge on any atom is -0.481 e. The average molecular weight is 618 g/mol. The minimum atomic E-state index is -1.06. The Bertz CT molecular complexity index is 1550. The largest absolute Gasteiger partial charge is 0.481 e. The Morgan fingerprint density at radius 2 is 1.92 bits per heavy atom. The van der Waals surface area contributed by atoms with E-state index in [0.717, 1.165) is 16.7 Å². The van der Waals surface area contributed by atoms with Gasteiger partial charge in [0.05, 0.1) is 32.0 Å². The molecule has 4 rings (SSSR count). The van der Waals surface area contributed by atoms with Crippen LogP contribution >= 0.6 is 33.9 Å². The maximum absolute atomic E-state index is 13.6. The van der Waals surface area contributed by atoms with E-state index in [9.17, 15) is 14.4 Å². The number of rotatable bonds is 7. The van der Waals surface area contributed by atoms with Crippen LogP contribution in [0.2, 0.25) is 0 Å². The number of aryl methyl sites for hydroxylation is 1. The number of carboxylic acids is 1. The average Bonchev–Trinajstić information content (AvgIpc) is 3.12. The number of allylic oxidation sites excluding steroid dienone is 1. The van der Waals surface area contributed by atoms with E-state index in [2.05, 4.69) is 27.6 Å². The first-order valence-corrected chi connectivity index (χ1v) is 13.0. The van der Waals surface area contributed by atoms with E-state index in [1.807, 2.05) is 37.3 Å². The van der Waals surface area contributed by atoms with E-state index in [1.165, 1.54) is 11.3 Å². The number of aromatic nitrogens is 1. The number of hydrogen-bond acceptors (Lipinski definition) is 7. The van der Waals surface area contributed by atoms with Gasteiger partial charge in [0.1, 0.15) is 5.75 Å². The zero-order valence-electron chi connectivity index (χ0n) is 19.8. The third kappa shape index (κ3) is 5.29. The summed E-state index contributed by atoms with van der Waals surface area (Å²) in [5.41, 5.74) is 3.20. The zero-order valence-corrected chi connectivity index (χ0v) is 22.8. The highest BCUT2D eigenvalue weighted by Gasteiger charge is 2.33. The molecular weight excluding hydrogens is 595 g/mol. The van der Waals surface area contributed by atoms with E-state index < -0.39 is 24.6 Å². The molecule has 0 radical (unpaired) electrons. The molecule has 1 aromatic heterocycles. The van der Waals surface area contributed by atoms with Gasteiger partial charge in [-0.2, -0.15) is 0 Å². The van der Waals surface area contributed by atoms with Crippen LogP contribution < -0.4 is 19.6 Å². The highest BCUT2D eigenvalue weighted by Crippen LogP contribution is 2.31. The molecule has 10 heteroatoms. The summed E-state index contributed by atoms with van der Waals surface area (Å²) in [7, 11) is 0. The highest BCUT2D eigenvalue weighted by molar-refractivity contribution is 14.1. The summed E-state index contributed by atoms with van der Waals surface area (Å²) in [5, 5.41) is 8.83. The molecule has 0 fully saturated rings. The number of fused-ring (bicyclic) bond motifs is 1. The number of esters is 1. The predicted molar refractivity (Wildman–Crippen MR) is 144 cm³/mol. The van der Waals surface area contributed by atoms with Crippen LogP contribution in [0.3, 0.4) is 0 Å². The smallest absolute Gasteiger partial charge is 0.341 e. The molecule has 3 aromatic rings. The van der Waals surface area contributed by atoms with Crippen molar-refractivity contribution in [1.29, 1.82) is 0 Å². The number of ether oxygens (including phenoxy) is 2. The number of benzene rings is 2. The maximum Gasteiger partial charge on any atom is 0.341 e. The topological polar surface area (TPSA) is 107 Å². The van der Waals surface area contributed by atoms with Crippen LogP contribution in [0, 0.1) is 10.5 Å². The second-order valence-corrected chi connectivity index (χ2v) is 10.3. The minimum absolute atomic E-state index is 0.214. The fraction of sp³-hybridized carbons (Fsp3) is 0.231. The normalized spacial score (nSPS) is 15.3. The lowest BCUT2D eigenvalue weighted by Crippen LogP contribution is -2.39. The first kappa shape index (κ1) is 25.8. The molecule has 1 aliphatic rings. The van der Waals surface area contributed by atoms with Crippen molar-refractivity contribution in [3.05, 3.63) is 93.7 Å². The second-order valence-electron chi connectivity index (χ2n) is 8.09. The van der Waals surface area contributed by atoms with Crippen molar-refractivity contribution in [2.75, 3.05) is 13.2 Å². The van der Waals surface area contributed by atoms with Gasteiger partial charge < -0.3 is 14.6 Å². The molecule has 0 saturated carbocycles. The number of thiazole rings is 1. The van der Waals surface area contributed by atoms with Gasteiger partial charge in [-0.15, -0.1) is 0 Å². The lowest BCUT2D eigenvalue weighted by atomic mass is 9.95. The number of aliphatic carboxylic acids is 1. The van der Waals surface area contributed by atoms with Gasteiger partial charge in [-0.1, -0.05) is 47.2 Å². The summed E-state index contributed by atoms with van der Waals surface area (Å²) in [6, 6.07) is 12.3. The number of carbonyl (C=O) groups is 2. The van der Waals surface area contributed by atoms with Crippen LogP contribution in [0.15, 0.2) is 63.5 Å². The molecule has 0 bridgehead atoms. The van der Waals surface area contributed by atoms with Gasteiger partial charge in [0.15, 0.2) is 11.4 Å². The molecule has 0 saturated heterocycles. The molecule has 0 spiro atoms. The lowest BCUT2D eigenvalue weighted by Gasteiger charge is -2.24. The number of carbonyl (C=O) groups excluding carboxylic acids is 1. The first-order valence-electron chi connectivity index (χ1n) is 11.1. The van der Waals surface area contributed by atoms with Gasteiger partial charge in [-0.3, -0.25) is 9.36 Å².